The number of hydrogen-bond donors (Lipinski definition) is 3. The van der Waals surface area contributed by atoms with Crippen molar-refractivity contribution in [2.24, 2.45) is 10.2 Å². The fourth-order valence-electron chi connectivity index (χ4n) is 1.67. The molecule has 2 rings (SSSR count). The summed E-state index contributed by atoms with van der Waals surface area (Å²) in [6, 6.07) is 5.90. The molecule has 0 saturated heterocycles. The Balaban J connectivity index is 1.92. The predicted molar refractivity (Wildman–Crippen MR) is 83.7 cm³/mol. The second-order valence-electron chi connectivity index (χ2n) is 4.61. The van der Waals surface area contributed by atoms with Crippen molar-refractivity contribution in [2.45, 2.75) is 13.8 Å². The summed E-state index contributed by atoms with van der Waals surface area (Å²) < 4.78 is 0. The van der Waals surface area contributed by atoms with Gasteiger partial charge in [0, 0.05) is 5.02 Å². The maximum atomic E-state index is 11.7. The number of rotatable bonds is 3. The minimum Gasteiger partial charge on any atom is -0.245 e. The minimum absolute atomic E-state index is 0.207. The van der Waals surface area contributed by atoms with Crippen LogP contribution in [0.1, 0.15) is 19.4 Å². The third-order valence-electron chi connectivity index (χ3n) is 2.80. The average Bonchev–Trinajstić information content (AvgIpc) is 2.49. The van der Waals surface area contributed by atoms with Crippen LogP contribution >= 0.6 is 11.6 Å². The summed E-state index contributed by atoms with van der Waals surface area (Å²) in [6.45, 7) is 3.68. The standard InChI is InChI=1S/C13H15ClN6O2/c1-8-7-20(13(22)18-15-8)19-12(21)17-16-9(2)10-3-5-11(14)6-4-10/h3-6H,7H2,1-2H3,(H,18,22)(H2,17,19,21)/b16-9+. The molecule has 3 N–H and O–H groups in total. The van der Waals surface area contributed by atoms with Gasteiger partial charge in [0.05, 0.1) is 18.0 Å². The van der Waals surface area contributed by atoms with Crippen LogP contribution in [0.15, 0.2) is 34.5 Å². The smallest absolute Gasteiger partial charge is 0.245 e. The highest BCUT2D eigenvalue weighted by Crippen LogP contribution is 2.10. The van der Waals surface area contributed by atoms with Gasteiger partial charge in [-0.2, -0.15) is 10.2 Å². The molecular formula is C13H15ClN6O2. The van der Waals surface area contributed by atoms with Crippen LogP contribution in [-0.2, 0) is 0 Å². The maximum Gasteiger partial charge on any atom is 0.356 e. The normalized spacial score (nSPS) is 15.0. The number of carbonyl (C=O) groups excluding carboxylic acids is 2. The summed E-state index contributed by atoms with van der Waals surface area (Å²) in [5.41, 5.74) is 9.06. The fourth-order valence-corrected chi connectivity index (χ4v) is 1.79. The molecule has 0 aliphatic carbocycles. The molecule has 8 nitrogen and oxygen atoms in total. The zero-order valence-electron chi connectivity index (χ0n) is 12.1. The highest BCUT2D eigenvalue weighted by Gasteiger charge is 2.20. The van der Waals surface area contributed by atoms with Crippen molar-refractivity contribution in [2.75, 3.05) is 6.54 Å². The number of hydrazone groups is 2. The van der Waals surface area contributed by atoms with E-state index in [-0.39, 0.29) is 6.54 Å². The second kappa shape index (κ2) is 6.90. The van der Waals surface area contributed by atoms with Gasteiger partial charge < -0.3 is 0 Å². The molecule has 0 bridgehead atoms. The van der Waals surface area contributed by atoms with Crippen molar-refractivity contribution < 1.29 is 9.59 Å². The van der Waals surface area contributed by atoms with Crippen molar-refractivity contribution in [3.63, 3.8) is 0 Å². The molecule has 0 fully saturated rings. The van der Waals surface area contributed by atoms with Crippen LogP contribution in [0.3, 0.4) is 0 Å². The lowest BCUT2D eigenvalue weighted by atomic mass is 10.1. The number of halogens is 1. The predicted octanol–water partition coefficient (Wildman–Crippen LogP) is 1.68. The molecule has 1 aromatic rings. The first kappa shape index (κ1) is 15.8. The van der Waals surface area contributed by atoms with E-state index in [0.717, 1.165) is 10.6 Å². The van der Waals surface area contributed by atoms with Gasteiger partial charge in [0.1, 0.15) is 0 Å². The van der Waals surface area contributed by atoms with Crippen LogP contribution < -0.4 is 16.3 Å². The van der Waals surface area contributed by atoms with E-state index in [1.807, 2.05) is 0 Å². The highest BCUT2D eigenvalue weighted by molar-refractivity contribution is 6.30. The Morgan fingerprint density at radius 2 is 2.09 bits per heavy atom. The number of amides is 4. The molecule has 22 heavy (non-hydrogen) atoms. The monoisotopic (exact) mass is 322 g/mol. The van der Waals surface area contributed by atoms with E-state index in [1.54, 1.807) is 38.1 Å². The number of urea groups is 2. The maximum absolute atomic E-state index is 11.7. The molecular weight excluding hydrogens is 308 g/mol. The van der Waals surface area contributed by atoms with Crippen molar-refractivity contribution in [1.29, 1.82) is 0 Å². The Morgan fingerprint density at radius 3 is 2.77 bits per heavy atom. The Bertz CT molecular complexity index is 640. The Morgan fingerprint density at radius 1 is 1.41 bits per heavy atom. The van der Waals surface area contributed by atoms with Gasteiger partial charge in [-0.15, -0.1) is 0 Å². The van der Waals surface area contributed by atoms with Gasteiger partial charge in [-0.25, -0.2) is 30.9 Å². The van der Waals surface area contributed by atoms with Gasteiger partial charge in [0.15, 0.2) is 0 Å². The van der Waals surface area contributed by atoms with E-state index in [9.17, 15) is 9.59 Å². The summed E-state index contributed by atoms with van der Waals surface area (Å²) in [4.78, 5) is 23.2. The number of nitrogens with one attached hydrogen (secondary N) is 3. The molecule has 1 heterocycles. The van der Waals surface area contributed by atoms with Crippen LogP contribution in [0.5, 0.6) is 0 Å². The summed E-state index contributed by atoms with van der Waals surface area (Å²) in [6.07, 6.45) is 0. The van der Waals surface area contributed by atoms with E-state index in [0.29, 0.717) is 16.4 Å². The average molecular weight is 323 g/mol. The number of carbonyl (C=O) groups is 2. The quantitative estimate of drug-likeness (QED) is 0.583. The highest BCUT2D eigenvalue weighted by atomic mass is 35.5. The van der Waals surface area contributed by atoms with Crippen LogP contribution in [0.2, 0.25) is 5.02 Å². The van der Waals surface area contributed by atoms with Crippen molar-refractivity contribution in [3.8, 4) is 0 Å². The van der Waals surface area contributed by atoms with E-state index < -0.39 is 12.1 Å². The zero-order valence-corrected chi connectivity index (χ0v) is 12.8. The Hall–Kier alpha value is -2.61. The molecule has 0 aromatic heterocycles. The van der Waals surface area contributed by atoms with E-state index >= 15 is 0 Å². The SMILES string of the molecule is CC1=NNC(=O)N(NC(=O)N/N=C(\C)c2ccc(Cl)cc2)C1. The summed E-state index contributed by atoms with van der Waals surface area (Å²) in [7, 11) is 0. The lowest BCUT2D eigenvalue weighted by Gasteiger charge is -2.25. The molecule has 0 atom stereocenters. The molecule has 0 radical (unpaired) electrons. The van der Waals surface area contributed by atoms with Gasteiger partial charge in [-0.05, 0) is 31.5 Å². The first-order chi connectivity index (χ1) is 10.5. The van der Waals surface area contributed by atoms with Crippen LogP contribution in [0.4, 0.5) is 9.59 Å². The van der Waals surface area contributed by atoms with Crippen LogP contribution in [0, 0.1) is 0 Å². The summed E-state index contributed by atoms with van der Waals surface area (Å²) in [5, 5.41) is 9.43. The van der Waals surface area contributed by atoms with Crippen molar-refractivity contribution in [3.05, 3.63) is 34.9 Å². The first-order valence-corrected chi connectivity index (χ1v) is 6.81. The van der Waals surface area contributed by atoms with E-state index in [1.165, 1.54) is 0 Å². The van der Waals surface area contributed by atoms with Gasteiger partial charge in [-0.1, -0.05) is 23.7 Å². The molecule has 1 aliphatic rings. The van der Waals surface area contributed by atoms with Gasteiger partial charge >= 0.3 is 12.1 Å². The van der Waals surface area contributed by atoms with Crippen molar-refractivity contribution >= 4 is 35.1 Å². The Kier molecular flexibility index (Phi) is 4.95. The molecule has 0 saturated carbocycles. The lowest BCUT2D eigenvalue weighted by Crippen LogP contribution is -2.56. The van der Waals surface area contributed by atoms with Crippen molar-refractivity contribution in [1.82, 2.24) is 21.3 Å². The summed E-state index contributed by atoms with van der Waals surface area (Å²) in [5.74, 6) is 0. The third kappa shape index (κ3) is 4.19. The fraction of sp³-hybridized carbons (Fsp3) is 0.231. The molecule has 1 aliphatic heterocycles. The lowest BCUT2D eigenvalue weighted by molar-refractivity contribution is 0.173. The zero-order chi connectivity index (χ0) is 16.1. The largest absolute Gasteiger partial charge is 0.356 e. The number of hydrazine groups is 1. The summed E-state index contributed by atoms with van der Waals surface area (Å²) >= 11 is 5.81. The number of benzene rings is 1. The Labute approximate surface area is 132 Å². The minimum atomic E-state index is -0.627. The van der Waals surface area contributed by atoms with E-state index in [2.05, 4.69) is 26.5 Å². The molecule has 0 unspecified atom stereocenters. The van der Waals surface area contributed by atoms with Crippen LogP contribution in [-0.4, -0.2) is 35.0 Å². The van der Waals surface area contributed by atoms with Crippen LogP contribution in [0.25, 0.3) is 0 Å². The molecule has 116 valence electrons. The number of nitrogens with zero attached hydrogens (tertiary/aromatic N) is 3. The third-order valence-corrected chi connectivity index (χ3v) is 3.05. The first-order valence-electron chi connectivity index (χ1n) is 6.43. The van der Waals surface area contributed by atoms with Gasteiger partial charge in [0.2, 0.25) is 0 Å². The topological polar surface area (TPSA) is 98.2 Å². The molecule has 4 amide bonds. The van der Waals surface area contributed by atoms with Gasteiger partial charge in [-0.3, -0.25) is 0 Å². The molecule has 0 spiro atoms. The molecule has 1 aromatic carbocycles. The second-order valence-corrected chi connectivity index (χ2v) is 5.04. The van der Waals surface area contributed by atoms with Gasteiger partial charge in [0.25, 0.3) is 0 Å². The molecule has 9 heteroatoms. The number of hydrogen-bond acceptors (Lipinski definition) is 4. The van der Waals surface area contributed by atoms with E-state index in [4.69, 9.17) is 11.6 Å².